The highest BCUT2D eigenvalue weighted by Gasteiger charge is 2.17. The number of amides is 1. The second kappa shape index (κ2) is 5.05. The van der Waals surface area contributed by atoms with Gasteiger partial charge in [0.05, 0.1) is 23.5 Å². The zero-order valence-electron chi connectivity index (χ0n) is 10.4. The highest BCUT2D eigenvalue weighted by molar-refractivity contribution is 5.96. The van der Waals surface area contributed by atoms with Gasteiger partial charge in [0, 0.05) is 12.6 Å². The molecular weight excluding hydrogens is 218 g/mol. The molecule has 0 bridgehead atoms. The molecule has 0 saturated heterocycles. The fourth-order valence-corrected chi connectivity index (χ4v) is 1.35. The molecule has 0 saturated carbocycles. The number of anilines is 2. The minimum absolute atomic E-state index is 0.0311. The van der Waals surface area contributed by atoms with Crippen LogP contribution in [0.4, 0.5) is 11.4 Å². The Hall–Kier alpha value is -1.75. The first-order chi connectivity index (χ1) is 7.89. The lowest BCUT2D eigenvalue weighted by molar-refractivity contribution is 0.0963. The molecule has 94 valence electrons. The smallest absolute Gasteiger partial charge is 0.251 e. The summed E-state index contributed by atoms with van der Waals surface area (Å²) in [5, 5.41) is 14.8. The van der Waals surface area contributed by atoms with Crippen molar-refractivity contribution < 1.29 is 9.90 Å². The number of rotatable bonds is 4. The Morgan fingerprint density at radius 1 is 1.47 bits per heavy atom. The molecule has 1 aromatic carbocycles. The standard InChI is InChI=1S/C12H19N3O2/c1-12(2,7-16)15-10-6-8(11(17)14-3)4-5-9(10)13/h4-6,15-16H,7,13H2,1-3H3,(H,14,17). The SMILES string of the molecule is CNC(=O)c1ccc(N)c(NC(C)(C)CO)c1. The van der Waals surface area contributed by atoms with E-state index in [0.717, 1.165) is 0 Å². The van der Waals surface area contributed by atoms with Gasteiger partial charge >= 0.3 is 0 Å². The van der Waals surface area contributed by atoms with Gasteiger partial charge in [-0.3, -0.25) is 4.79 Å². The summed E-state index contributed by atoms with van der Waals surface area (Å²) >= 11 is 0. The van der Waals surface area contributed by atoms with Crippen molar-refractivity contribution in [1.29, 1.82) is 0 Å². The van der Waals surface area contributed by atoms with Crippen LogP contribution >= 0.6 is 0 Å². The lowest BCUT2D eigenvalue weighted by Crippen LogP contribution is -2.35. The number of nitrogens with one attached hydrogen (secondary N) is 2. The van der Waals surface area contributed by atoms with E-state index in [-0.39, 0.29) is 12.5 Å². The first kappa shape index (κ1) is 13.3. The van der Waals surface area contributed by atoms with Crippen molar-refractivity contribution in [2.24, 2.45) is 0 Å². The lowest BCUT2D eigenvalue weighted by Gasteiger charge is -2.26. The molecule has 0 aliphatic rings. The molecule has 0 atom stereocenters. The fraction of sp³-hybridized carbons (Fsp3) is 0.417. The highest BCUT2D eigenvalue weighted by Crippen LogP contribution is 2.23. The third kappa shape index (κ3) is 3.35. The molecule has 0 heterocycles. The quantitative estimate of drug-likeness (QED) is 0.584. The molecule has 0 aromatic heterocycles. The zero-order valence-corrected chi connectivity index (χ0v) is 10.4. The van der Waals surface area contributed by atoms with Gasteiger partial charge in [0.2, 0.25) is 0 Å². The van der Waals surface area contributed by atoms with E-state index in [9.17, 15) is 9.90 Å². The number of hydrogen-bond acceptors (Lipinski definition) is 4. The Balaban J connectivity index is 3.03. The molecule has 1 amide bonds. The number of hydrogen-bond donors (Lipinski definition) is 4. The second-order valence-corrected chi connectivity index (χ2v) is 4.55. The van der Waals surface area contributed by atoms with Crippen LogP contribution in [0.15, 0.2) is 18.2 Å². The molecule has 1 rings (SSSR count). The van der Waals surface area contributed by atoms with Crippen LogP contribution in [0.5, 0.6) is 0 Å². The molecule has 0 spiro atoms. The predicted octanol–water partition coefficient (Wildman–Crippen LogP) is 0.811. The largest absolute Gasteiger partial charge is 0.397 e. The Labute approximate surface area is 101 Å². The van der Waals surface area contributed by atoms with E-state index in [4.69, 9.17) is 5.73 Å². The van der Waals surface area contributed by atoms with E-state index >= 15 is 0 Å². The first-order valence-electron chi connectivity index (χ1n) is 5.40. The van der Waals surface area contributed by atoms with Gasteiger partial charge in [-0.1, -0.05) is 0 Å². The number of carbonyl (C=O) groups is 1. The second-order valence-electron chi connectivity index (χ2n) is 4.55. The van der Waals surface area contributed by atoms with Crippen molar-refractivity contribution in [3.8, 4) is 0 Å². The van der Waals surface area contributed by atoms with Gasteiger partial charge < -0.3 is 21.5 Å². The molecule has 5 heteroatoms. The van der Waals surface area contributed by atoms with Crippen molar-refractivity contribution in [3.05, 3.63) is 23.8 Å². The summed E-state index contributed by atoms with van der Waals surface area (Å²) in [6, 6.07) is 5.00. The van der Waals surface area contributed by atoms with Crippen LogP contribution in [-0.4, -0.2) is 30.2 Å². The molecule has 0 fully saturated rings. The monoisotopic (exact) mass is 237 g/mol. The molecule has 17 heavy (non-hydrogen) atoms. The molecule has 5 nitrogen and oxygen atoms in total. The van der Waals surface area contributed by atoms with Crippen molar-refractivity contribution >= 4 is 17.3 Å². The summed E-state index contributed by atoms with van der Waals surface area (Å²) in [5.74, 6) is -0.171. The highest BCUT2D eigenvalue weighted by atomic mass is 16.3. The summed E-state index contributed by atoms with van der Waals surface area (Å²) < 4.78 is 0. The fourth-order valence-electron chi connectivity index (χ4n) is 1.35. The summed E-state index contributed by atoms with van der Waals surface area (Å²) in [6.45, 7) is 3.66. The van der Waals surface area contributed by atoms with Crippen LogP contribution < -0.4 is 16.4 Å². The number of benzene rings is 1. The normalized spacial score (nSPS) is 11.1. The van der Waals surface area contributed by atoms with Gasteiger partial charge in [-0.25, -0.2) is 0 Å². The van der Waals surface area contributed by atoms with Crippen LogP contribution in [-0.2, 0) is 0 Å². The summed E-state index contributed by atoms with van der Waals surface area (Å²) in [6.07, 6.45) is 0. The predicted molar refractivity (Wildman–Crippen MR) is 69.0 cm³/mol. The van der Waals surface area contributed by atoms with Crippen LogP contribution in [0.3, 0.4) is 0 Å². The maximum Gasteiger partial charge on any atom is 0.251 e. The maximum absolute atomic E-state index is 11.5. The van der Waals surface area contributed by atoms with E-state index in [1.807, 2.05) is 13.8 Å². The summed E-state index contributed by atoms with van der Waals surface area (Å²) in [4.78, 5) is 11.5. The molecule has 1 aromatic rings. The molecule has 0 aliphatic carbocycles. The van der Waals surface area contributed by atoms with Gasteiger partial charge in [0.15, 0.2) is 0 Å². The van der Waals surface area contributed by atoms with E-state index in [2.05, 4.69) is 10.6 Å². The number of aliphatic hydroxyl groups is 1. The topological polar surface area (TPSA) is 87.4 Å². The Kier molecular flexibility index (Phi) is 3.96. The van der Waals surface area contributed by atoms with Gasteiger partial charge in [-0.2, -0.15) is 0 Å². The van der Waals surface area contributed by atoms with Crippen molar-refractivity contribution in [3.63, 3.8) is 0 Å². The van der Waals surface area contributed by atoms with Gasteiger partial charge in [-0.05, 0) is 32.0 Å². The van der Waals surface area contributed by atoms with Crippen LogP contribution in [0.2, 0.25) is 0 Å². The minimum Gasteiger partial charge on any atom is -0.397 e. The molecule has 5 N–H and O–H groups in total. The van der Waals surface area contributed by atoms with Crippen LogP contribution in [0.25, 0.3) is 0 Å². The van der Waals surface area contributed by atoms with Crippen LogP contribution in [0, 0.1) is 0 Å². The van der Waals surface area contributed by atoms with E-state index in [1.54, 1.807) is 25.2 Å². The number of nitrogen functional groups attached to an aromatic ring is 1. The molecule has 0 unspecified atom stereocenters. The molecular formula is C12H19N3O2. The third-order valence-electron chi connectivity index (χ3n) is 2.41. The number of nitrogens with two attached hydrogens (primary N) is 1. The van der Waals surface area contributed by atoms with Gasteiger partial charge in [-0.15, -0.1) is 0 Å². The number of carbonyl (C=O) groups excluding carboxylic acids is 1. The Bertz CT molecular complexity index is 416. The van der Waals surface area contributed by atoms with Gasteiger partial charge in [0.25, 0.3) is 5.91 Å². The lowest BCUT2D eigenvalue weighted by atomic mass is 10.1. The van der Waals surface area contributed by atoms with Crippen LogP contribution in [0.1, 0.15) is 24.2 Å². The Morgan fingerprint density at radius 2 is 2.12 bits per heavy atom. The van der Waals surface area contributed by atoms with Crippen molar-refractivity contribution in [1.82, 2.24) is 5.32 Å². The summed E-state index contributed by atoms with van der Waals surface area (Å²) in [5.41, 5.74) is 7.04. The van der Waals surface area contributed by atoms with Gasteiger partial charge in [0.1, 0.15) is 0 Å². The van der Waals surface area contributed by atoms with E-state index in [1.165, 1.54) is 0 Å². The van der Waals surface area contributed by atoms with E-state index < -0.39 is 5.54 Å². The zero-order chi connectivity index (χ0) is 13.1. The summed E-state index contributed by atoms with van der Waals surface area (Å²) in [7, 11) is 1.57. The minimum atomic E-state index is -0.491. The molecule has 0 radical (unpaired) electrons. The number of aliphatic hydroxyl groups excluding tert-OH is 1. The average Bonchev–Trinajstić information content (AvgIpc) is 2.30. The first-order valence-corrected chi connectivity index (χ1v) is 5.40. The van der Waals surface area contributed by atoms with Crippen molar-refractivity contribution in [2.75, 3.05) is 24.7 Å². The maximum atomic E-state index is 11.5. The van der Waals surface area contributed by atoms with Crippen molar-refractivity contribution in [2.45, 2.75) is 19.4 Å². The average molecular weight is 237 g/mol. The third-order valence-corrected chi connectivity index (χ3v) is 2.41. The Morgan fingerprint density at radius 3 is 2.65 bits per heavy atom. The van der Waals surface area contributed by atoms with E-state index in [0.29, 0.717) is 16.9 Å². The molecule has 0 aliphatic heterocycles.